The summed E-state index contributed by atoms with van der Waals surface area (Å²) in [5.74, 6) is 0. The Labute approximate surface area is 69.1 Å². The van der Waals surface area contributed by atoms with E-state index in [1.807, 2.05) is 0 Å². The van der Waals surface area contributed by atoms with Gasteiger partial charge in [0.2, 0.25) is 0 Å². The van der Waals surface area contributed by atoms with Gasteiger partial charge in [0.05, 0.1) is 19.6 Å². The van der Waals surface area contributed by atoms with E-state index in [9.17, 15) is 0 Å². The van der Waals surface area contributed by atoms with Gasteiger partial charge in [0.15, 0.2) is 11.8 Å². The average Bonchev–Trinajstić information content (AvgIpc) is 1.87. The lowest BCUT2D eigenvalue weighted by Gasteiger charge is -2.23. The molecular formula is C6H15Cl2N. The van der Waals surface area contributed by atoms with Gasteiger partial charge in [-0.1, -0.05) is 0 Å². The number of quaternary nitrogens is 1. The summed E-state index contributed by atoms with van der Waals surface area (Å²) < 4.78 is 0.681. The van der Waals surface area contributed by atoms with E-state index >= 15 is 0 Å². The zero-order valence-corrected chi connectivity index (χ0v) is 7.84. The van der Waals surface area contributed by atoms with Crippen LogP contribution in [-0.2, 0) is 0 Å². The fourth-order valence-electron chi connectivity index (χ4n) is 0.671. The van der Waals surface area contributed by atoms with Crippen molar-refractivity contribution in [3.8, 4) is 0 Å². The van der Waals surface area contributed by atoms with E-state index in [1.165, 1.54) is 0 Å². The van der Waals surface area contributed by atoms with Gasteiger partial charge < -0.3 is 12.4 Å². The minimum atomic E-state index is 0. The molecule has 0 aromatic carbocycles. The van der Waals surface area contributed by atoms with Crippen molar-refractivity contribution in [3.63, 3.8) is 0 Å². The van der Waals surface area contributed by atoms with Gasteiger partial charge in [-0.2, -0.15) is 0 Å². The van der Waals surface area contributed by atoms with Crippen molar-refractivity contribution in [1.82, 2.24) is 0 Å². The van der Waals surface area contributed by atoms with E-state index in [0.717, 1.165) is 19.6 Å². The molecule has 0 radical (unpaired) electrons. The van der Waals surface area contributed by atoms with Gasteiger partial charge in [-0.25, -0.2) is 4.00 Å². The lowest BCUT2D eigenvalue weighted by atomic mass is 10.5. The number of rotatable bonds is 3. The predicted molar refractivity (Wildman–Crippen MR) is 37.7 cm³/mol. The molecule has 9 heavy (non-hydrogen) atoms. The molecule has 0 atom stereocenters. The Morgan fingerprint density at radius 3 is 1.22 bits per heavy atom. The highest BCUT2D eigenvalue weighted by Gasteiger charge is 2.16. The molecule has 0 saturated heterocycles. The topological polar surface area (TPSA) is 0 Å². The van der Waals surface area contributed by atoms with E-state index in [-0.39, 0.29) is 12.4 Å². The molecular weight excluding hydrogens is 157 g/mol. The minimum Gasteiger partial charge on any atom is -1.00 e. The summed E-state index contributed by atoms with van der Waals surface area (Å²) in [4.78, 5) is 0. The summed E-state index contributed by atoms with van der Waals surface area (Å²) in [6.45, 7) is 9.40. The van der Waals surface area contributed by atoms with Crippen LogP contribution in [0.15, 0.2) is 0 Å². The molecule has 1 nitrogen and oxygen atoms in total. The van der Waals surface area contributed by atoms with Crippen LogP contribution in [0, 0.1) is 0 Å². The van der Waals surface area contributed by atoms with Crippen molar-refractivity contribution in [2.24, 2.45) is 0 Å². The van der Waals surface area contributed by atoms with Crippen LogP contribution in [0.2, 0.25) is 0 Å². The Kier molecular flexibility index (Phi) is 7.25. The molecule has 0 aliphatic rings. The van der Waals surface area contributed by atoms with Crippen molar-refractivity contribution >= 4 is 11.8 Å². The normalized spacial score (nSPS) is 10.7. The number of hydrogen-bond donors (Lipinski definition) is 0. The molecule has 0 aromatic rings. The Morgan fingerprint density at radius 2 is 1.22 bits per heavy atom. The van der Waals surface area contributed by atoms with Crippen LogP contribution in [0.4, 0.5) is 0 Å². The molecule has 0 bridgehead atoms. The highest BCUT2D eigenvalue weighted by Crippen LogP contribution is 2.08. The first-order valence-corrected chi connectivity index (χ1v) is 3.58. The number of nitrogens with zero attached hydrogens (tertiary/aromatic N) is 1. The molecule has 0 aromatic heterocycles. The molecule has 0 aliphatic carbocycles. The van der Waals surface area contributed by atoms with Crippen LogP contribution >= 0.6 is 11.8 Å². The number of hydrogen-bond acceptors (Lipinski definition) is 0. The summed E-state index contributed by atoms with van der Waals surface area (Å²) in [5.41, 5.74) is 0. The van der Waals surface area contributed by atoms with Crippen molar-refractivity contribution in [1.29, 1.82) is 0 Å². The fraction of sp³-hybridized carbons (Fsp3) is 1.00. The van der Waals surface area contributed by atoms with Crippen LogP contribution in [-0.4, -0.2) is 23.6 Å². The van der Waals surface area contributed by atoms with Gasteiger partial charge in [0.25, 0.3) is 0 Å². The second kappa shape index (κ2) is 5.33. The second-order valence-electron chi connectivity index (χ2n) is 1.98. The molecule has 0 amide bonds. The van der Waals surface area contributed by atoms with E-state index in [4.69, 9.17) is 11.8 Å². The maximum absolute atomic E-state index is 6.03. The van der Waals surface area contributed by atoms with Crippen LogP contribution in [0.1, 0.15) is 20.8 Å². The summed E-state index contributed by atoms with van der Waals surface area (Å²) in [6.07, 6.45) is 0. The third kappa shape index (κ3) is 4.01. The lowest BCUT2D eigenvalue weighted by Crippen LogP contribution is -3.00. The third-order valence-corrected chi connectivity index (χ3v) is 2.42. The smallest absolute Gasteiger partial charge is 0.165 e. The van der Waals surface area contributed by atoms with Gasteiger partial charge in [-0.05, 0) is 20.8 Å². The molecule has 0 N–H and O–H groups in total. The minimum absolute atomic E-state index is 0. The molecule has 0 fully saturated rings. The summed E-state index contributed by atoms with van der Waals surface area (Å²) in [7, 11) is 0. The molecule has 0 unspecified atom stereocenters. The predicted octanol–water partition coefficient (Wildman–Crippen LogP) is -0.979. The monoisotopic (exact) mass is 171 g/mol. The Morgan fingerprint density at radius 1 is 1.00 bits per heavy atom. The second-order valence-corrected chi connectivity index (χ2v) is 2.70. The Bertz CT molecular complexity index is 53.8. The first kappa shape index (κ1) is 12.2. The maximum Gasteiger partial charge on any atom is 0.165 e. The highest BCUT2D eigenvalue weighted by atomic mass is 35.5. The molecule has 58 valence electrons. The van der Waals surface area contributed by atoms with Crippen molar-refractivity contribution in [2.45, 2.75) is 20.8 Å². The average molecular weight is 172 g/mol. The van der Waals surface area contributed by atoms with Gasteiger partial charge >= 0.3 is 0 Å². The summed E-state index contributed by atoms with van der Waals surface area (Å²) in [5, 5.41) is 0. The van der Waals surface area contributed by atoms with Gasteiger partial charge in [-0.15, -0.1) is 0 Å². The SMILES string of the molecule is CC[N+](Cl)(CC)CC.[Cl-]. The van der Waals surface area contributed by atoms with Crippen molar-refractivity contribution in [2.75, 3.05) is 19.6 Å². The van der Waals surface area contributed by atoms with Gasteiger partial charge in [0, 0.05) is 0 Å². The molecule has 0 spiro atoms. The van der Waals surface area contributed by atoms with Gasteiger partial charge in [0.1, 0.15) is 0 Å². The summed E-state index contributed by atoms with van der Waals surface area (Å²) in [6, 6.07) is 0. The van der Waals surface area contributed by atoms with Crippen LogP contribution in [0.25, 0.3) is 0 Å². The zero-order chi connectivity index (χ0) is 6.62. The highest BCUT2D eigenvalue weighted by molar-refractivity contribution is 6.06. The fourth-order valence-corrected chi connectivity index (χ4v) is 0.671. The third-order valence-electron chi connectivity index (χ3n) is 1.70. The zero-order valence-electron chi connectivity index (χ0n) is 6.32. The maximum atomic E-state index is 6.03. The summed E-state index contributed by atoms with van der Waals surface area (Å²) >= 11 is 6.03. The van der Waals surface area contributed by atoms with E-state index in [1.54, 1.807) is 0 Å². The first-order valence-electron chi connectivity index (χ1n) is 3.24. The van der Waals surface area contributed by atoms with Crippen LogP contribution in [0.5, 0.6) is 0 Å². The molecule has 3 heteroatoms. The molecule has 0 aliphatic heterocycles. The van der Waals surface area contributed by atoms with Crippen molar-refractivity contribution in [3.05, 3.63) is 0 Å². The molecule has 0 saturated carbocycles. The van der Waals surface area contributed by atoms with E-state index < -0.39 is 0 Å². The van der Waals surface area contributed by atoms with Crippen molar-refractivity contribution < 1.29 is 16.4 Å². The van der Waals surface area contributed by atoms with E-state index in [0.29, 0.717) is 4.00 Å². The lowest BCUT2D eigenvalue weighted by molar-refractivity contribution is -0.809. The quantitative estimate of drug-likeness (QED) is 0.480. The standard InChI is InChI=1S/C6H15ClN.ClH/c1-4-8(7,5-2)6-3;/h4-6H2,1-3H3;1H/q+1;/p-1. The first-order chi connectivity index (χ1) is 3.68. The Balaban J connectivity index is 0. The van der Waals surface area contributed by atoms with Crippen LogP contribution in [0.3, 0.4) is 0 Å². The van der Waals surface area contributed by atoms with Crippen LogP contribution < -0.4 is 12.4 Å². The molecule has 0 heterocycles. The Hall–Kier alpha value is 0.540. The van der Waals surface area contributed by atoms with Gasteiger partial charge in [-0.3, -0.25) is 0 Å². The largest absolute Gasteiger partial charge is 1.00 e. The molecule has 0 rings (SSSR count). The number of halogens is 2. The van der Waals surface area contributed by atoms with E-state index in [2.05, 4.69) is 20.8 Å².